The van der Waals surface area contributed by atoms with E-state index < -0.39 is 0 Å². The molecule has 0 spiro atoms. The Balaban J connectivity index is 1.93. The van der Waals surface area contributed by atoms with Crippen LogP contribution in [0.25, 0.3) is 0 Å². The van der Waals surface area contributed by atoms with E-state index in [9.17, 15) is 0 Å². The maximum atomic E-state index is 6.49. The molecule has 0 amide bonds. The van der Waals surface area contributed by atoms with Crippen molar-refractivity contribution in [3.05, 3.63) is 28.8 Å². The zero-order chi connectivity index (χ0) is 13.2. The quantitative estimate of drug-likeness (QED) is 0.915. The van der Waals surface area contributed by atoms with E-state index in [-0.39, 0.29) is 0 Å². The van der Waals surface area contributed by atoms with E-state index in [1.54, 1.807) is 0 Å². The third-order valence-corrected chi connectivity index (χ3v) is 5.09. The summed E-state index contributed by atoms with van der Waals surface area (Å²) in [6.45, 7) is 1.85. The Morgan fingerprint density at radius 1 is 1.21 bits per heavy atom. The van der Waals surface area contributed by atoms with Gasteiger partial charge >= 0.3 is 0 Å². The largest absolute Gasteiger partial charge is 0.367 e. The first-order valence-corrected chi connectivity index (χ1v) is 7.93. The molecule has 2 fully saturated rings. The first-order chi connectivity index (χ1) is 9.31. The lowest BCUT2D eigenvalue weighted by Crippen LogP contribution is -2.35. The van der Waals surface area contributed by atoms with E-state index in [0.29, 0.717) is 12.6 Å². The van der Waals surface area contributed by atoms with Crippen molar-refractivity contribution in [3.63, 3.8) is 0 Å². The molecule has 1 aromatic carbocycles. The van der Waals surface area contributed by atoms with Gasteiger partial charge in [0.1, 0.15) is 0 Å². The molecule has 1 aromatic rings. The number of nitrogens with zero attached hydrogens (tertiary/aromatic N) is 1. The van der Waals surface area contributed by atoms with Gasteiger partial charge in [-0.05, 0) is 49.8 Å². The van der Waals surface area contributed by atoms with Crippen LogP contribution in [0, 0.1) is 5.92 Å². The van der Waals surface area contributed by atoms with Crippen molar-refractivity contribution >= 4 is 17.3 Å². The second-order valence-electron chi connectivity index (χ2n) is 5.88. The van der Waals surface area contributed by atoms with Crippen molar-refractivity contribution in [2.24, 2.45) is 11.7 Å². The minimum Gasteiger partial charge on any atom is -0.367 e. The third-order valence-electron chi connectivity index (χ3n) is 4.78. The molecule has 104 valence electrons. The summed E-state index contributed by atoms with van der Waals surface area (Å²) in [5.41, 5.74) is 8.34. The Morgan fingerprint density at radius 2 is 2.05 bits per heavy atom. The molecule has 0 radical (unpaired) electrons. The van der Waals surface area contributed by atoms with Crippen LogP contribution >= 0.6 is 11.6 Å². The minimum absolute atomic E-state index is 0.690. The van der Waals surface area contributed by atoms with E-state index >= 15 is 0 Å². The number of benzene rings is 1. The average molecular weight is 279 g/mol. The van der Waals surface area contributed by atoms with Crippen LogP contribution in [0.1, 0.15) is 37.7 Å². The van der Waals surface area contributed by atoms with Gasteiger partial charge in [-0.2, -0.15) is 0 Å². The van der Waals surface area contributed by atoms with Crippen molar-refractivity contribution in [1.82, 2.24) is 0 Å². The predicted molar refractivity (Wildman–Crippen MR) is 81.9 cm³/mol. The fourth-order valence-electron chi connectivity index (χ4n) is 3.92. The monoisotopic (exact) mass is 278 g/mol. The summed E-state index contributed by atoms with van der Waals surface area (Å²) >= 11 is 6.49. The Hall–Kier alpha value is -0.730. The highest BCUT2D eigenvalue weighted by Crippen LogP contribution is 2.42. The molecule has 2 nitrogen and oxygen atoms in total. The van der Waals surface area contributed by atoms with Crippen LogP contribution in [0.4, 0.5) is 5.69 Å². The predicted octanol–water partition coefficient (Wildman–Crippen LogP) is 3.61. The van der Waals surface area contributed by atoms with Gasteiger partial charge in [-0.3, -0.25) is 0 Å². The molecule has 3 rings (SSSR count). The van der Waals surface area contributed by atoms with Gasteiger partial charge in [-0.25, -0.2) is 0 Å². The molecule has 0 bridgehead atoms. The van der Waals surface area contributed by atoms with Crippen LogP contribution in [0.5, 0.6) is 0 Å². The van der Waals surface area contributed by atoms with Crippen molar-refractivity contribution in [2.45, 2.75) is 44.6 Å². The zero-order valence-corrected chi connectivity index (χ0v) is 12.2. The van der Waals surface area contributed by atoms with Crippen molar-refractivity contribution in [3.8, 4) is 0 Å². The number of rotatable bonds is 3. The first-order valence-electron chi connectivity index (χ1n) is 7.55. The second kappa shape index (κ2) is 5.72. The number of hydrogen-bond acceptors (Lipinski definition) is 2. The summed E-state index contributed by atoms with van der Waals surface area (Å²) in [5, 5.41) is 0.900. The fraction of sp³-hybridized carbons (Fsp3) is 0.625. The van der Waals surface area contributed by atoms with Crippen molar-refractivity contribution in [2.75, 3.05) is 18.0 Å². The van der Waals surface area contributed by atoms with Gasteiger partial charge in [0.05, 0.1) is 10.7 Å². The van der Waals surface area contributed by atoms with E-state index in [1.165, 1.54) is 43.4 Å². The number of anilines is 1. The highest BCUT2D eigenvalue weighted by atomic mass is 35.5. The Kier molecular flexibility index (Phi) is 3.99. The van der Waals surface area contributed by atoms with Gasteiger partial charge in [0.25, 0.3) is 0 Å². The Labute approximate surface area is 120 Å². The number of para-hydroxylation sites is 1. The van der Waals surface area contributed by atoms with Gasteiger partial charge < -0.3 is 10.6 Å². The first kappa shape index (κ1) is 13.3. The average Bonchev–Trinajstić information content (AvgIpc) is 2.83. The third kappa shape index (κ3) is 2.48. The van der Waals surface area contributed by atoms with E-state index in [2.05, 4.69) is 11.0 Å². The number of halogens is 1. The second-order valence-corrected chi connectivity index (χ2v) is 6.29. The summed E-state index contributed by atoms with van der Waals surface area (Å²) in [4.78, 5) is 2.58. The van der Waals surface area contributed by atoms with E-state index in [1.807, 2.05) is 12.1 Å². The van der Waals surface area contributed by atoms with Crippen molar-refractivity contribution in [1.29, 1.82) is 0 Å². The molecule has 0 aromatic heterocycles. The highest BCUT2D eigenvalue weighted by molar-refractivity contribution is 6.33. The maximum absolute atomic E-state index is 6.49. The molecule has 2 atom stereocenters. The lowest BCUT2D eigenvalue weighted by atomic mass is 9.85. The Bertz CT molecular complexity index is 446. The molecule has 1 saturated heterocycles. The summed E-state index contributed by atoms with van der Waals surface area (Å²) in [6, 6.07) is 6.97. The molecular weight excluding hydrogens is 256 g/mol. The van der Waals surface area contributed by atoms with Crippen LogP contribution in [0.15, 0.2) is 18.2 Å². The minimum atomic E-state index is 0.690. The molecule has 19 heavy (non-hydrogen) atoms. The van der Waals surface area contributed by atoms with Gasteiger partial charge in [-0.1, -0.05) is 36.6 Å². The van der Waals surface area contributed by atoms with Gasteiger partial charge in [0, 0.05) is 12.6 Å². The molecule has 1 heterocycles. The number of fused-ring (bicyclic) bond motifs is 1. The molecule has 1 aliphatic carbocycles. The maximum Gasteiger partial charge on any atom is 0.0642 e. The summed E-state index contributed by atoms with van der Waals surface area (Å²) in [5.74, 6) is 0.885. The standard InChI is InChI=1S/C16H23ClN2/c17-14-6-3-5-13(8-10-18)16(14)19-11-9-12-4-1-2-7-15(12)19/h3,5-6,12,15H,1-2,4,7-11,18H2. The number of nitrogens with two attached hydrogens (primary N) is 1. The summed E-state index contributed by atoms with van der Waals surface area (Å²) < 4.78 is 0. The fourth-order valence-corrected chi connectivity index (χ4v) is 4.23. The molecule has 1 saturated carbocycles. The smallest absolute Gasteiger partial charge is 0.0642 e. The normalized spacial score (nSPS) is 26.5. The van der Waals surface area contributed by atoms with Crippen molar-refractivity contribution < 1.29 is 0 Å². The van der Waals surface area contributed by atoms with Crippen LogP contribution in [-0.2, 0) is 6.42 Å². The summed E-state index contributed by atoms with van der Waals surface area (Å²) in [7, 11) is 0. The molecule has 2 unspecified atom stereocenters. The van der Waals surface area contributed by atoms with E-state index in [4.69, 9.17) is 17.3 Å². The zero-order valence-electron chi connectivity index (χ0n) is 11.4. The van der Waals surface area contributed by atoms with Gasteiger partial charge in [0.2, 0.25) is 0 Å². The summed E-state index contributed by atoms with van der Waals surface area (Å²) in [6.07, 6.45) is 7.76. The highest BCUT2D eigenvalue weighted by Gasteiger charge is 2.37. The molecule has 3 heteroatoms. The molecule has 2 aliphatic rings. The molecular formula is C16H23ClN2. The van der Waals surface area contributed by atoms with Crippen LogP contribution in [0.2, 0.25) is 5.02 Å². The Morgan fingerprint density at radius 3 is 2.89 bits per heavy atom. The topological polar surface area (TPSA) is 29.3 Å². The SMILES string of the molecule is NCCc1cccc(Cl)c1N1CCC2CCCCC21. The van der Waals surface area contributed by atoms with Gasteiger partial charge in [-0.15, -0.1) is 0 Å². The number of hydrogen-bond donors (Lipinski definition) is 1. The van der Waals surface area contributed by atoms with E-state index in [0.717, 1.165) is 23.9 Å². The van der Waals surface area contributed by atoms with Crippen LogP contribution in [-0.4, -0.2) is 19.1 Å². The van der Waals surface area contributed by atoms with Gasteiger partial charge in [0.15, 0.2) is 0 Å². The molecule has 1 aliphatic heterocycles. The lowest BCUT2D eigenvalue weighted by molar-refractivity contribution is 0.342. The lowest BCUT2D eigenvalue weighted by Gasteiger charge is -2.34. The van der Waals surface area contributed by atoms with Crippen LogP contribution < -0.4 is 10.6 Å². The van der Waals surface area contributed by atoms with Crippen LogP contribution in [0.3, 0.4) is 0 Å². The molecule has 2 N–H and O–H groups in total.